The van der Waals surface area contributed by atoms with Crippen molar-refractivity contribution in [2.45, 2.75) is 18.3 Å². The fourth-order valence-electron chi connectivity index (χ4n) is 4.90. The van der Waals surface area contributed by atoms with Crippen LogP contribution in [0, 0.1) is 0 Å². The van der Waals surface area contributed by atoms with Crippen molar-refractivity contribution in [3.05, 3.63) is 80.0 Å². The minimum atomic E-state index is -1.14. The molecule has 2 aromatic rings. The van der Waals surface area contributed by atoms with E-state index in [4.69, 9.17) is 27.9 Å². The lowest BCUT2D eigenvalue weighted by atomic mass is 10.0. The Labute approximate surface area is 229 Å². The van der Waals surface area contributed by atoms with Gasteiger partial charge in [-0.3, -0.25) is 33.8 Å². The molecule has 4 aliphatic heterocycles. The molecule has 10 nitrogen and oxygen atoms in total. The third kappa shape index (κ3) is 3.35. The summed E-state index contributed by atoms with van der Waals surface area (Å²) in [6, 6.07) is 7.70. The molecule has 0 N–H and O–H groups in total. The van der Waals surface area contributed by atoms with Crippen LogP contribution in [0.4, 0.5) is 0 Å². The third-order valence-electron chi connectivity index (χ3n) is 6.76. The van der Waals surface area contributed by atoms with Gasteiger partial charge >= 0.3 is 5.97 Å². The lowest BCUT2D eigenvalue weighted by Gasteiger charge is -2.51. The van der Waals surface area contributed by atoms with Crippen molar-refractivity contribution in [1.29, 1.82) is 0 Å². The highest BCUT2D eigenvalue weighted by Crippen LogP contribution is 2.45. The summed E-state index contributed by atoms with van der Waals surface area (Å²) in [5, 5.41) is -0.520. The van der Waals surface area contributed by atoms with Gasteiger partial charge in [-0.25, -0.2) is 9.69 Å². The Morgan fingerprint density at radius 2 is 1.45 bits per heavy atom. The molecule has 4 heterocycles. The van der Waals surface area contributed by atoms with E-state index in [0.29, 0.717) is 11.3 Å². The monoisotopic (exact) mass is 571 g/mol. The molecule has 38 heavy (non-hydrogen) atoms. The van der Waals surface area contributed by atoms with Crippen LogP contribution in [-0.4, -0.2) is 74.1 Å². The Morgan fingerprint density at radius 3 is 2.00 bits per heavy atom. The average Bonchev–Trinajstić information content (AvgIpc) is 3.27. The maximum absolute atomic E-state index is 13.3. The summed E-state index contributed by atoms with van der Waals surface area (Å²) >= 11 is 13.3. The van der Waals surface area contributed by atoms with Gasteiger partial charge in [0.1, 0.15) is 17.1 Å². The number of esters is 1. The number of carbonyl (C=O) groups is 6. The fraction of sp³-hybridized carbons (Fsp3) is 0.200. The van der Waals surface area contributed by atoms with E-state index in [-0.39, 0.29) is 38.0 Å². The van der Waals surface area contributed by atoms with Crippen molar-refractivity contribution in [1.82, 2.24) is 14.7 Å². The highest BCUT2D eigenvalue weighted by Gasteiger charge is 2.60. The van der Waals surface area contributed by atoms with E-state index in [9.17, 15) is 28.8 Å². The van der Waals surface area contributed by atoms with Crippen molar-refractivity contribution < 1.29 is 33.5 Å². The molecular formula is C25H15Cl2N3O7S. The molecule has 0 spiro atoms. The first kappa shape index (κ1) is 24.7. The van der Waals surface area contributed by atoms with Crippen LogP contribution in [0.2, 0.25) is 10.0 Å². The number of hydrogen-bond donors (Lipinski definition) is 0. The zero-order valence-electron chi connectivity index (χ0n) is 19.4. The summed E-state index contributed by atoms with van der Waals surface area (Å²) in [6.45, 7) is 1.01. The Kier molecular flexibility index (Phi) is 5.64. The average molecular weight is 572 g/mol. The van der Waals surface area contributed by atoms with E-state index in [0.717, 1.165) is 9.80 Å². The van der Waals surface area contributed by atoms with Crippen LogP contribution in [0.3, 0.4) is 0 Å². The van der Waals surface area contributed by atoms with Gasteiger partial charge in [0, 0.05) is 5.75 Å². The van der Waals surface area contributed by atoms with Gasteiger partial charge in [0.25, 0.3) is 29.5 Å². The van der Waals surface area contributed by atoms with Gasteiger partial charge in [0.05, 0.1) is 32.3 Å². The summed E-state index contributed by atoms with van der Waals surface area (Å²) in [5.41, 5.74) is 0.998. The van der Waals surface area contributed by atoms with Crippen LogP contribution in [0.25, 0.3) is 0 Å². The molecule has 2 atom stereocenters. The first-order valence-electron chi connectivity index (χ1n) is 11.3. The molecule has 6 rings (SSSR count). The van der Waals surface area contributed by atoms with Crippen LogP contribution in [-0.2, 0) is 14.3 Å². The zero-order chi connectivity index (χ0) is 27.0. The molecule has 13 heteroatoms. The maximum atomic E-state index is 13.3. The lowest BCUT2D eigenvalue weighted by molar-refractivity contribution is -0.155. The second kappa shape index (κ2) is 8.69. The summed E-state index contributed by atoms with van der Waals surface area (Å²) in [4.78, 5) is 80.5. The second-order valence-electron chi connectivity index (χ2n) is 8.92. The Bertz CT molecular complexity index is 1500. The smallest absolute Gasteiger partial charge is 0.356 e. The predicted molar refractivity (Wildman–Crippen MR) is 134 cm³/mol. The zero-order valence-corrected chi connectivity index (χ0v) is 21.7. The standard InChI is InChI=1S/C25H15Cl2N3O7S/c1-10-8-38-24-18(29-21(33)13-6-15(26)16(27)7-14(13)22(29)34)23(35)30(24)17(10)25(36)37-9-28-19(31)11-4-2-3-5-12(11)20(28)32/h2-7,18,24H,8-9H2,1H3/t18?,24-/m0/s1. The quantitative estimate of drug-likeness (QED) is 0.312. The van der Waals surface area contributed by atoms with Gasteiger partial charge in [0.15, 0.2) is 6.73 Å². The normalized spacial score (nSPS) is 22.1. The topological polar surface area (TPSA) is 121 Å². The SMILES string of the molecule is CC1=C(C(=O)OCN2C(=O)c3ccccc3C2=O)N2C(=O)C(N3C(=O)c4cc(Cl)c(Cl)cc4C3=O)[C@@H]2SC1. The number of β-lactam (4-membered cyclic amide) rings is 1. The number of benzene rings is 2. The van der Waals surface area contributed by atoms with E-state index < -0.39 is 53.7 Å². The van der Waals surface area contributed by atoms with Crippen molar-refractivity contribution >= 4 is 70.5 Å². The molecule has 2 aromatic carbocycles. The minimum Gasteiger partial charge on any atom is -0.439 e. The molecule has 1 saturated heterocycles. The van der Waals surface area contributed by atoms with Gasteiger partial charge in [-0.05, 0) is 36.8 Å². The second-order valence-corrected chi connectivity index (χ2v) is 10.8. The number of rotatable bonds is 4. The third-order valence-corrected chi connectivity index (χ3v) is 8.90. The Morgan fingerprint density at radius 1 is 0.895 bits per heavy atom. The molecule has 1 fully saturated rings. The van der Waals surface area contributed by atoms with Crippen LogP contribution in [0.1, 0.15) is 48.4 Å². The van der Waals surface area contributed by atoms with Crippen molar-refractivity contribution in [3.63, 3.8) is 0 Å². The number of hydrogen-bond acceptors (Lipinski definition) is 8. The summed E-state index contributed by atoms with van der Waals surface area (Å²) in [5.74, 6) is -3.76. The highest BCUT2D eigenvalue weighted by molar-refractivity contribution is 8.00. The molecule has 1 unspecified atom stereocenters. The first-order valence-corrected chi connectivity index (χ1v) is 13.1. The van der Waals surface area contributed by atoms with Crippen LogP contribution >= 0.6 is 35.0 Å². The predicted octanol–water partition coefficient (Wildman–Crippen LogP) is 2.94. The Balaban J connectivity index is 1.20. The van der Waals surface area contributed by atoms with Crippen LogP contribution in [0.5, 0.6) is 0 Å². The molecule has 0 saturated carbocycles. The van der Waals surface area contributed by atoms with Crippen molar-refractivity contribution in [3.8, 4) is 0 Å². The summed E-state index contributed by atoms with van der Waals surface area (Å²) in [6.07, 6.45) is 0. The van der Waals surface area contributed by atoms with Crippen molar-refractivity contribution in [2.24, 2.45) is 0 Å². The van der Waals surface area contributed by atoms with E-state index in [1.165, 1.54) is 40.9 Å². The fourth-order valence-corrected chi connectivity index (χ4v) is 6.56. The number of carbonyl (C=O) groups excluding carboxylic acids is 6. The number of halogens is 2. The maximum Gasteiger partial charge on any atom is 0.356 e. The molecule has 192 valence electrons. The van der Waals surface area contributed by atoms with E-state index >= 15 is 0 Å². The van der Waals surface area contributed by atoms with Crippen molar-refractivity contribution in [2.75, 3.05) is 12.5 Å². The van der Waals surface area contributed by atoms with Crippen LogP contribution in [0.15, 0.2) is 47.7 Å². The Hall–Kier alpha value is -3.67. The number of fused-ring (bicyclic) bond motifs is 3. The van der Waals surface area contributed by atoms with E-state index in [1.54, 1.807) is 19.1 Å². The van der Waals surface area contributed by atoms with Crippen LogP contribution < -0.4 is 0 Å². The number of nitrogens with zero attached hydrogens (tertiary/aromatic N) is 3. The molecule has 4 aliphatic rings. The number of imide groups is 2. The van der Waals surface area contributed by atoms with Gasteiger partial charge in [-0.2, -0.15) is 0 Å². The molecular weight excluding hydrogens is 557 g/mol. The minimum absolute atomic E-state index is 0.0451. The highest BCUT2D eigenvalue weighted by atomic mass is 35.5. The number of thioether (sulfide) groups is 1. The van der Waals surface area contributed by atoms with E-state index in [1.807, 2.05) is 0 Å². The molecule has 0 aliphatic carbocycles. The molecule has 0 aromatic heterocycles. The van der Waals surface area contributed by atoms with E-state index in [2.05, 4.69) is 0 Å². The van der Waals surface area contributed by atoms with Gasteiger partial charge < -0.3 is 4.74 Å². The number of amides is 5. The largest absolute Gasteiger partial charge is 0.439 e. The van der Waals surface area contributed by atoms with Gasteiger partial charge in [0.2, 0.25) is 0 Å². The summed E-state index contributed by atoms with van der Waals surface area (Å²) in [7, 11) is 0. The molecule has 0 bridgehead atoms. The first-order chi connectivity index (χ1) is 18.1. The van der Waals surface area contributed by atoms with Gasteiger partial charge in [-0.15, -0.1) is 11.8 Å². The molecule has 0 radical (unpaired) electrons. The lowest BCUT2D eigenvalue weighted by Crippen LogP contribution is -2.71. The summed E-state index contributed by atoms with van der Waals surface area (Å²) < 4.78 is 5.30. The number of ether oxygens (including phenoxy) is 1. The van der Waals surface area contributed by atoms with Gasteiger partial charge in [-0.1, -0.05) is 35.3 Å². The molecule has 5 amide bonds.